The van der Waals surface area contributed by atoms with Crippen LogP contribution in [-0.4, -0.2) is 30.7 Å². The summed E-state index contributed by atoms with van der Waals surface area (Å²) in [5.41, 5.74) is 4.21. The molecule has 1 aromatic heterocycles. The minimum absolute atomic E-state index is 0.165. The van der Waals surface area contributed by atoms with Crippen LogP contribution in [0.3, 0.4) is 0 Å². The van der Waals surface area contributed by atoms with Gasteiger partial charge in [-0.25, -0.2) is 4.98 Å². The molecule has 23 heavy (non-hydrogen) atoms. The van der Waals surface area contributed by atoms with E-state index in [0.717, 1.165) is 36.5 Å². The number of rotatable bonds is 6. The number of nitrogens with one attached hydrogen (secondary N) is 1. The highest BCUT2D eigenvalue weighted by Crippen LogP contribution is 2.22. The first-order valence-corrected chi connectivity index (χ1v) is 8.63. The second kappa shape index (κ2) is 7.57. The number of carbonyl (C=O) groups is 1. The second-order valence-electron chi connectivity index (χ2n) is 5.71. The Kier molecular flexibility index (Phi) is 5.25. The summed E-state index contributed by atoms with van der Waals surface area (Å²) in [5.74, 6) is 1.12. The summed E-state index contributed by atoms with van der Waals surface area (Å²) in [6, 6.07) is 6.03. The van der Waals surface area contributed by atoms with Gasteiger partial charge in [0.1, 0.15) is 11.4 Å². The van der Waals surface area contributed by atoms with E-state index in [1.165, 1.54) is 11.3 Å². The largest absolute Gasteiger partial charge is 0.493 e. The Labute approximate surface area is 139 Å². The monoisotopic (exact) mass is 332 g/mol. The number of thiazole rings is 1. The molecule has 1 amide bonds. The lowest BCUT2D eigenvalue weighted by Gasteiger charge is -2.15. The summed E-state index contributed by atoms with van der Waals surface area (Å²) in [6.45, 7) is 4.69. The predicted octanol–water partition coefficient (Wildman–Crippen LogP) is 2.80. The van der Waals surface area contributed by atoms with Crippen LogP contribution in [0.25, 0.3) is 0 Å². The molecule has 1 aliphatic heterocycles. The molecule has 0 spiro atoms. The van der Waals surface area contributed by atoms with Crippen LogP contribution in [-0.2, 0) is 11.3 Å². The van der Waals surface area contributed by atoms with E-state index in [0.29, 0.717) is 24.8 Å². The van der Waals surface area contributed by atoms with E-state index in [1.807, 2.05) is 25.1 Å². The molecule has 122 valence electrons. The second-order valence-corrected chi connectivity index (χ2v) is 6.43. The van der Waals surface area contributed by atoms with Crippen molar-refractivity contribution in [3.63, 3.8) is 0 Å². The van der Waals surface area contributed by atoms with Crippen LogP contribution in [0.5, 0.6) is 5.75 Å². The van der Waals surface area contributed by atoms with Gasteiger partial charge in [0.05, 0.1) is 18.7 Å². The van der Waals surface area contributed by atoms with Crippen molar-refractivity contribution < 1.29 is 14.3 Å². The molecule has 0 bridgehead atoms. The third kappa shape index (κ3) is 4.30. The standard InChI is InChI=1S/C17H20N2O3S/c1-12-2-3-14(7-18-17(20)15-10-23-11-19-15)16(6-12)22-9-13-4-5-21-8-13/h2-3,6,10-11,13H,4-5,7-9H2,1H3,(H,18,20). The van der Waals surface area contributed by atoms with Crippen LogP contribution in [0.15, 0.2) is 29.1 Å². The molecule has 0 saturated carbocycles. The Hall–Kier alpha value is -1.92. The zero-order valence-electron chi connectivity index (χ0n) is 13.1. The maximum atomic E-state index is 12.0. The predicted molar refractivity (Wildman–Crippen MR) is 88.9 cm³/mol. The van der Waals surface area contributed by atoms with Crippen molar-refractivity contribution in [2.24, 2.45) is 5.92 Å². The van der Waals surface area contributed by atoms with E-state index in [9.17, 15) is 4.79 Å². The van der Waals surface area contributed by atoms with E-state index in [1.54, 1.807) is 10.9 Å². The Morgan fingerprint density at radius 2 is 2.43 bits per heavy atom. The topological polar surface area (TPSA) is 60.5 Å². The SMILES string of the molecule is Cc1ccc(CNC(=O)c2cscn2)c(OCC2CCOC2)c1. The molecule has 1 saturated heterocycles. The number of carbonyl (C=O) groups excluding carboxylic acids is 1. The van der Waals surface area contributed by atoms with Crippen molar-refractivity contribution in [1.29, 1.82) is 0 Å². The highest BCUT2D eigenvalue weighted by atomic mass is 32.1. The minimum atomic E-state index is -0.165. The lowest BCUT2D eigenvalue weighted by atomic mass is 10.1. The first-order chi connectivity index (χ1) is 11.2. The number of amides is 1. The van der Waals surface area contributed by atoms with Gasteiger partial charge in [0.25, 0.3) is 5.91 Å². The molecule has 1 aliphatic rings. The van der Waals surface area contributed by atoms with Gasteiger partial charge >= 0.3 is 0 Å². The maximum absolute atomic E-state index is 12.0. The summed E-state index contributed by atoms with van der Waals surface area (Å²) in [5, 5.41) is 4.63. The summed E-state index contributed by atoms with van der Waals surface area (Å²) in [7, 11) is 0. The molecular weight excluding hydrogens is 312 g/mol. The molecule has 0 aliphatic carbocycles. The lowest BCUT2D eigenvalue weighted by Crippen LogP contribution is -2.23. The van der Waals surface area contributed by atoms with E-state index < -0.39 is 0 Å². The quantitative estimate of drug-likeness (QED) is 0.884. The number of aromatic nitrogens is 1. The number of aryl methyl sites for hydroxylation is 1. The third-order valence-corrected chi connectivity index (χ3v) is 4.41. The zero-order valence-corrected chi connectivity index (χ0v) is 13.9. The molecular formula is C17H20N2O3S. The van der Waals surface area contributed by atoms with E-state index >= 15 is 0 Å². The fourth-order valence-electron chi connectivity index (χ4n) is 2.46. The molecule has 3 rings (SSSR count). The van der Waals surface area contributed by atoms with Crippen molar-refractivity contribution in [3.8, 4) is 5.75 Å². The Morgan fingerprint density at radius 1 is 1.52 bits per heavy atom. The van der Waals surface area contributed by atoms with Gasteiger partial charge in [-0.15, -0.1) is 11.3 Å². The molecule has 1 N–H and O–H groups in total. The van der Waals surface area contributed by atoms with Gasteiger partial charge in [-0.3, -0.25) is 4.79 Å². The molecule has 0 radical (unpaired) electrons. The molecule has 1 atom stereocenters. The van der Waals surface area contributed by atoms with Gasteiger partial charge < -0.3 is 14.8 Å². The van der Waals surface area contributed by atoms with E-state index in [4.69, 9.17) is 9.47 Å². The molecule has 1 fully saturated rings. The highest BCUT2D eigenvalue weighted by Gasteiger charge is 2.17. The lowest BCUT2D eigenvalue weighted by molar-refractivity contribution is 0.0946. The van der Waals surface area contributed by atoms with E-state index in [2.05, 4.69) is 10.3 Å². The normalized spacial score (nSPS) is 17.2. The fourth-order valence-corrected chi connectivity index (χ4v) is 2.99. The first-order valence-electron chi connectivity index (χ1n) is 7.69. The average Bonchev–Trinajstić information content (AvgIpc) is 3.25. The van der Waals surface area contributed by atoms with Gasteiger partial charge in [-0.1, -0.05) is 12.1 Å². The number of hydrogen-bond acceptors (Lipinski definition) is 5. The maximum Gasteiger partial charge on any atom is 0.271 e. The van der Waals surface area contributed by atoms with Crippen LogP contribution in [0, 0.1) is 12.8 Å². The molecule has 5 nitrogen and oxygen atoms in total. The number of nitrogens with zero attached hydrogens (tertiary/aromatic N) is 1. The van der Waals surface area contributed by atoms with Gasteiger partial charge in [0, 0.05) is 30.0 Å². The minimum Gasteiger partial charge on any atom is -0.493 e. The summed E-state index contributed by atoms with van der Waals surface area (Å²) in [6.07, 6.45) is 1.04. The smallest absolute Gasteiger partial charge is 0.271 e. The summed E-state index contributed by atoms with van der Waals surface area (Å²) < 4.78 is 11.4. The first kappa shape index (κ1) is 16.0. The highest BCUT2D eigenvalue weighted by molar-refractivity contribution is 7.07. The third-order valence-electron chi connectivity index (χ3n) is 3.83. The fraction of sp³-hybridized carbons (Fsp3) is 0.412. The van der Waals surface area contributed by atoms with Crippen LogP contribution in [0.4, 0.5) is 0 Å². The molecule has 1 unspecified atom stereocenters. The van der Waals surface area contributed by atoms with Gasteiger partial charge in [-0.2, -0.15) is 0 Å². The number of hydrogen-bond donors (Lipinski definition) is 1. The van der Waals surface area contributed by atoms with Crippen molar-refractivity contribution in [3.05, 3.63) is 45.9 Å². The number of ether oxygens (including phenoxy) is 2. The van der Waals surface area contributed by atoms with Crippen LogP contribution >= 0.6 is 11.3 Å². The van der Waals surface area contributed by atoms with Crippen LogP contribution in [0.1, 0.15) is 28.0 Å². The number of benzene rings is 1. The molecule has 1 aromatic carbocycles. The van der Waals surface area contributed by atoms with Crippen LogP contribution < -0.4 is 10.1 Å². The van der Waals surface area contributed by atoms with Gasteiger partial charge in [0.15, 0.2) is 0 Å². The Balaban J connectivity index is 1.62. The van der Waals surface area contributed by atoms with Crippen molar-refractivity contribution >= 4 is 17.2 Å². The van der Waals surface area contributed by atoms with Gasteiger partial charge in [0.2, 0.25) is 0 Å². The zero-order chi connectivity index (χ0) is 16.1. The van der Waals surface area contributed by atoms with Gasteiger partial charge in [-0.05, 0) is 25.0 Å². The van der Waals surface area contributed by atoms with Crippen molar-refractivity contribution in [1.82, 2.24) is 10.3 Å². The average molecular weight is 332 g/mol. The molecule has 2 aromatic rings. The Morgan fingerprint density at radius 3 is 3.17 bits per heavy atom. The summed E-state index contributed by atoms with van der Waals surface area (Å²) in [4.78, 5) is 16.0. The molecule has 2 heterocycles. The van der Waals surface area contributed by atoms with Crippen molar-refractivity contribution in [2.75, 3.05) is 19.8 Å². The van der Waals surface area contributed by atoms with Crippen LogP contribution in [0.2, 0.25) is 0 Å². The van der Waals surface area contributed by atoms with E-state index in [-0.39, 0.29) is 5.91 Å². The molecule has 6 heteroatoms. The summed E-state index contributed by atoms with van der Waals surface area (Å²) >= 11 is 1.41. The Bertz CT molecular complexity index is 652. The van der Waals surface area contributed by atoms with Crippen molar-refractivity contribution in [2.45, 2.75) is 19.9 Å².